The molecular formula is C24H25ClN2O5S. The van der Waals surface area contributed by atoms with Crippen molar-refractivity contribution < 1.29 is 22.8 Å². The van der Waals surface area contributed by atoms with E-state index in [-0.39, 0.29) is 34.0 Å². The Morgan fingerprint density at radius 2 is 1.70 bits per heavy atom. The topological polar surface area (TPSA) is 101 Å². The smallest absolute Gasteiger partial charge is 0.255 e. The lowest BCUT2D eigenvalue weighted by atomic mass is 9.88. The number of amides is 2. The van der Waals surface area contributed by atoms with Crippen molar-refractivity contribution >= 4 is 39.0 Å². The molecule has 2 amide bonds. The number of carbonyl (C=O) groups excluding carboxylic acids is 3. The number of hydrogen-bond acceptors (Lipinski definition) is 5. The molecule has 174 valence electrons. The van der Waals surface area contributed by atoms with Crippen molar-refractivity contribution in [3.63, 3.8) is 0 Å². The van der Waals surface area contributed by atoms with Crippen LogP contribution in [0, 0.1) is 5.92 Å². The maximum atomic E-state index is 13.2. The van der Waals surface area contributed by atoms with Crippen molar-refractivity contribution in [2.24, 2.45) is 5.92 Å². The third-order valence-corrected chi connectivity index (χ3v) is 7.76. The molecular weight excluding hydrogens is 464 g/mol. The molecule has 0 saturated carbocycles. The molecule has 0 aliphatic carbocycles. The van der Waals surface area contributed by atoms with Crippen LogP contribution in [0.2, 0.25) is 5.02 Å². The van der Waals surface area contributed by atoms with Gasteiger partial charge in [0.2, 0.25) is 5.91 Å². The van der Waals surface area contributed by atoms with Gasteiger partial charge < -0.3 is 10.2 Å². The molecule has 1 atom stereocenters. The maximum absolute atomic E-state index is 13.2. The Morgan fingerprint density at radius 1 is 1.03 bits per heavy atom. The Kier molecular flexibility index (Phi) is 6.59. The molecule has 0 spiro atoms. The van der Waals surface area contributed by atoms with Crippen LogP contribution in [0.3, 0.4) is 0 Å². The van der Waals surface area contributed by atoms with Crippen molar-refractivity contribution in [3.8, 4) is 0 Å². The number of piperidine rings is 1. The number of carbonyl (C=O) groups is 3. The van der Waals surface area contributed by atoms with Gasteiger partial charge in [-0.25, -0.2) is 8.42 Å². The van der Waals surface area contributed by atoms with Crippen LogP contribution in [0.5, 0.6) is 0 Å². The minimum absolute atomic E-state index is 0.0229. The van der Waals surface area contributed by atoms with Gasteiger partial charge in [-0.05, 0) is 61.2 Å². The molecule has 33 heavy (non-hydrogen) atoms. The largest absolute Gasteiger partial charge is 0.356 e. The van der Waals surface area contributed by atoms with Gasteiger partial charge in [-0.15, -0.1) is 0 Å². The van der Waals surface area contributed by atoms with Gasteiger partial charge in [0.25, 0.3) is 5.91 Å². The van der Waals surface area contributed by atoms with E-state index >= 15 is 0 Å². The predicted octanol–water partition coefficient (Wildman–Crippen LogP) is 3.08. The van der Waals surface area contributed by atoms with Crippen LogP contribution in [0.4, 0.5) is 0 Å². The molecule has 0 radical (unpaired) electrons. The van der Waals surface area contributed by atoms with E-state index in [2.05, 4.69) is 5.32 Å². The predicted molar refractivity (Wildman–Crippen MR) is 124 cm³/mol. The second kappa shape index (κ2) is 9.27. The summed E-state index contributed by atoms with van der Waals surface area (Å²) in [4.78, 5) is 39.6. The average Bonchev–Trinajstić information content (AvgIpc) is 3.23. The van der Waals surface area contributed by atoms with Crippen molar-refractivity contribution in [2.45, 2.75) is 30.1 Å². The molecule has 2 fully saturated rings. The zero-order chi connectivity index (χ0) is 23.8. The fraction of sp³-hybridized carbons (Fsp3) is 0.375. The summed E-state index contributed by atoms with van der Waals surface area (Å²) in [6.45, 7) is 1.26. The lowest BCUT2D eigenvalue weighted by Crippen LogP contribution is -2.40. The second-order valence-corrected chi connectivity index (χ2v) is 11.0. The first kappa shape index (κ1) is 23.4. The van der Waals surface area contributed by atoms with Crippen LogP contribution in [-0.2, 0) is 14.6 Å². The van der Waals surface area contributed by atoms with E-state index in [4.69, 9.17) is 11.6 Å². The third-order valence-electron chi connectivity index (χ3n) is 6.37. The summed E-state index contributed by atoms with van der Waals surface area (Å²) in [6, 6.07) is 11.4. The number of hydrogen-bond donors (Lipinski definition) is 1. The highest BCUT2D eigenvalue weighted by atomic mass is 35.5. The SMILES string of the molecule is CS(=O)(=O)c1cc(C2CCNC2=O)ccc1C(=O)N1CCC(C(=O)c2ccc(Cl)cc2)CC1. The number of Topliss-reactive ketones (excluding diaryl/α,β-unsaturated/α-hetero) is 1. The van der Waals surface area contributed by atoms with Crippen LogP contribution < -0.4 is 5.32 Å². The zero-order valence-corrected chi connectivity index (χ0v) is 19.8. The van der Waals surface area contributed by atoms with Crippen LogP contribution in [-0.4, -0.2) is 56.8 Å². The van der Waals surface area contributed by atoms with E-state index in [9.17, 15) is 22.8 Å². The first-order chi connectivity index (χ1) is 15.6. The van der Waals surface area contributed by atoms with Gasteiger partial charge in [0.05, 0.1) is 16.4 Å². The van der Waals surface area contributed by atoms with E-state index < -0.39 is 15.8 Å². The number of sulfone groups is 1. The Balaban J connectivity index is 1.51. The molecule has 9 heteroatoms. The molecule has 2 aliphatic rings. The maximum Gasteiger partial charge on any atom is 0.255 e. The lowest BCUT2D eigenvalue weighted by molar-refractivity contribution is -0.120. The van der Waals surface area contributed by atoms with Crippen LogP contribution in [0.1, 0.15) is 51.5 Å². The normalized spacial score (nSPS) is 19.4. The van der Waals surface area contributed by atoms with Crippen molar-refractivity contribution in [2.75, 3.05) is 25.9 Å². The molecule has 1 unspecified atom stereocenters. The Labute approximate surface area is 198 Å². The van der Waals surface area contributed by atoms with Gasteiger partial charge >= 0.3 is 0 Å². The van der Waals surface area contributed by atoms with E-state index in [0.29, 0.717) is 55.0 Å². The summed E-state index contributed by atoms with van der Waals surface area (Å²) < 4.78 is 25.0. The van der Waals surface area contributed by atoms with E-state index in [1.165, 1.54) is 12.1 Å². The van der Waals surface area contributed by atoms with E-state index in [0.717, 1.165) is 6.26 Å². The molecule has 4 rings (SSSR count). The molecule has 2 aromatic carbocycles. The van der Waals surface area contributed by atoms with Crippen molar-refractivity contribution in [3.05, 3.63) is 64.2 Å². The third kappa shape index (κ3) is 4.96. The number of ketones is 1. The number of benzene rings is 2. The summed E-state index contributed by atoms with van der Waals surface area (Å²) in [7, 11) is -3.69. The summed E-state index contributed by atoms with van der Waals surface area (Å²) in [5.74, 6) is -1.11. The van der Waals surface area contributed by atoms with Gasteiger partial charge in [0, 0.05) is 42.4 Å². The van der Waals surface area contributed by atoms with Crippen LogP contribution in [0.15, 0.2) is 47.4 Å². The standard InChI is InChI=1S/C24H25ClN2O5S/c1-33(31,32)21-14-17(19-8-11-26-23(19)29)4-7-20(21)24(30)27-12-9-16(10-13-27)22(28)15-2-5-18(25)6-3-15/h2-7,14,16,19H,8-13H2,1H3,(H,26,29). The fourth-order valence-electron chi connectivity index (χ4n) is 4.52. The van der Waals surface area contributed by atoms with Gasteiger partial charge in [-0.3, -0.25) is 14.4 Å². The summed E-state index contributed by atoms with van der Waals surface area (Å²) in [6.07, 6.45) is 2.66. The highest BCUT2D eigenvalue weighted by Gasteiger charge is 2.32. The highest BCUT2D eigenvalue weighted by Crippen LogP contribution is 2.30. The zero-order valence-electron chi connectivity index (χ0n) is 18.2. The average molecular weight is 489 g/mol. The number of rotatable bonds is 5. The lowest BCUT2D eigenvalue weighted by Gasteiger charge is -2.32. The number of likely N-dealkylation sites (tertiary alicyclic amines) is 1. The molecule has 7 nitrogen and oxygen atoms in total. The number of halogens is 1. The molecule has 2 aliphatic heterocycles. The quantitative estimate of drug-likeness (QED) is 0.652. The molecule has 1 N–H and O–H groups in total. The fourth-order valence-corrected chi connectivity index (χ4v) is 5.55. The van der Waals surface area contributed by atoms with Gasteiger partial charge in [0.1, 0.15) is 0 Å². The van der Waals surface area contributed by atoms with Crippen molar-refractivity contribution in [1.29, 1.82) is 0 Å². The van der Waals surface area contributed by atoms with E-state index in [1.807, 2.05) is 0 Å². The second-order valence-electron chi connectivity index (χ2n) is 8.60. The van der Waals surface area contributed by atoms with Gasteiger partial charge in [0.15, 0.2) is 15.6 Å². The number of nitrogens with one attached hydrogen (secondary N) is 1. The minimum Gasteiger partial charge on any atom is -0.356 e. The van der Waals surface area contributed by atoms with Crippen molar-refractivity contribution in [1.82, 2.24) is 10.2 Å². The van der Waals surface area contributed by atoms with Crippen LogP contribution in [0.25, 0.3) is 0 Å². The Bertz CT molecular complexity index is 1200. The summed E-state index contributed by atoms with van der Waals surface area (Å²) >= 11 is 5.89. The van der Waals surface area contributed by atoms with E-state index in [1.54, 1.807) is 35.2 Å². The summed E-state index contributed by atoms with van der Waals surface area (Å²) in [5, 5.41) is 3.31. The van der Waals surface area contributed by atoms with Gasteiger partial charge in [-0.2, -0.15) is 0 Å². The molecule has 2 heterocycles. The van der Waals surface area contributed by atoms with Crippen LogP contribution >= 0.6 is 11.6 Å². The summed E-state index contributed by atoms with van der Waals surface area (Å²) in [5.41, 5.74) is 1.28. The first-order valence-electron chi connectivity index (χ1n) is 10.9. The monoisotopic (exact) mass is 488 g/mol. The molecule has 2 aromatic rings. The highest BCUT2D eigenvalue weighted by molar-refractivity contribution is 7.90. The first-order valence-corrected chi connectivity index (χ1v) is 13.1. The Morgan fingerprint density at radius 3 is 2.27 bits per heavy atom. The number of nitrogens with zero attached hydrogens (tertiary/aromatic N) is 1. The Hall–Kier alpha value is -2.71. The van der Waals surface area contributed by atoms with Gasteiger partial charge in [-0.1, -0.05) is 17.7 Å². The molecule has 2 saturated heterocycles. The minimum atomic E-state index is -3.69. The molecule has 0 aromatic heterocycles. The molecule has 0 bridgehead atoms.